The van der Waals surface area contributed by atoms with Gasteiger partial charge in [-0.3, -0.25) is 4.72 Å². The number of sulfonamides is 1. The number of esters is 1. The zero-order valence-corrected chi connectivity index (χ0v) is 17.4. The van der Waals surface area contributed by atoms with Gasteiger partial charge in [0.1, 0.15) is 5.75 Å². The van der Waals surface area contributed by atoms with Crippen LogP contribution in [0, 0.1) is 0 Å². The van der Waals surface area contributed by atoms with Gasteiger partial charge >= 0.3 is 5.97 Å². The van der Waals surface area contributed by atoms with Gasteiger partial charge in [0, 0.05) is 6.26 Å². The quantitative estimate of drug-likeness (QED) is 0.675. The molecule has 8 nitrogen and oxygen atoms in total. The smallest absolute Gasteiger partial charge is 0.338 e. The molecule has 0 fully saturated rings. The van der Waals surface area contributed by atoms with Gasteiger partial charge in [-0.1, -0.05) is 0 Å². The van der Waals surface area contributed by atoms with Gasteiger partial charge in [-0.25, -0.2) is 21.6 Å². The van der Waals surface area contributed by atoms with Crippen molar-refractivity contribution in [3.8, 4) is 5.75 Å². The summed E-state index contributed by atoms with van der Waals surface area (Å²) in [5.41, 5.74) is 0.201. The molecule has 2 aromatic carbocycles. The summed E-state index contributed by atoms with van der Waals surface area (Å²) in [7, 11) is -6.14. The molecule has 0 aliphatic rings. The topological polar surface area (TPSA) is 116 Å². The first-order valence-electron chi connectivity index (χ1n) is 8.16. The third-order valence-corrected chi connectivity index (χ3v) is 6.09. The molecule has 0 aromatic heterocycles. The Morgan fingerprint density at radius 2 is 1.54 bits per heavy atom. The first-order chi connectivity index (χ1) is 12.9. The van der Waals surface area contributed by atoms with Gasteiger partial charge in [0.05, 0.1) is 34.3 Å². The average Bonchev–Trinajstić information content (AvgIpc) is 2.60. The Morgan fingerprint density at radius 3 is 2.04 bits per heavy atom. The number of hydrogen-bond acceptors (Lipinski definition) is 7. The molecule has 0 atom stereocenters. The molecule has 0 saturated carbocycles. The Labute approximate surface area is 164 Å². The Kier molecular flexibility index (Phi) is 6.35. The number of carbonyl (C=O) groups is 1. The van der Waals surface area contributed by atoms with Gasteiger partial charge in [-0.2, -0.15) is 0 Å². The minimum atomic E-state index is -4.05. The summed E-state index contributed by atoms with van der Waals surface area (Å²) in [6.07, 6.45) is 0.699. The summed E-state index contributed by atoms with van der Waals surface area (Å²) < 4.78 is 61.0. The van der Waals surface area contributed by atoms with E-state index in [1.165, 1.54) is 49.6 Å². The summed E-state index contributed by atoms with van der Waals surface area (Å²) in [6.45, 7) is 3.40. The molecule has 10 heteroatoms. The van der Waals surface area contributed by atoms with Crippen molar-refractivity contribution in [1.29, 1.82) is 0 Å². The largest absolute Gasteiger partial charge is 0.495 e. The number of anilines is 1. The van der Waals surface area contributed by atoms with E-state index in [-0.39, 0.29) is 32.9 Å². The third-order valence-electron chi connectivity index (χ3n) is 3.58. The van der Waals surface area contributed by atoms with E-state index in [0.29, 0.717) is 0 Å². The molecular formula is C18H21NO7S2. The number of methoxy groups -OCH3 is 1. The standard InChI is InChI=1S/C18H21NO7S2/c1-12(2)26-18(20)13-5-10-17(25-3)16(11-13)19-28(23,24)15-8-6-14(7-9-15)27(4,21)22/h5-12,19H,1-4H3. The first-order valence-corrected chi connectivity index (χ1v) is 11.5. The Hall–Kier alpha value is -2.59. The zero-order valence-electron chi connectivity index (χ0n) is 15.8. The highest BCUT2D eigenvalue weighted by Crippen LogP contribution is 2.28. The molecule has 152 valence electrons. The first kappa shape index (κ1) is 21.7. The third kappa shape index (κ3) is 5.23. The van der Waals surface area contributed by atoms with Crippen molar-refractivity contribution in [1.82, 2.24) is 0 Å². The molecule has 0 radical (unpaired) electrons. The zero-order chi connectivity index (χ0) is 21.1. The molecule has 2 aromatic rings. The van der Waals surface area contributed by atoms with Gasteiger partial charge in [0.15, 0.2) is 9.84 Å². The number of nitrogens with one attached hydrogen (secondary N) is 1. The van der Waals surface area contributed by atoms with E-state index in [1.807, 2.05) is 0 Å². The van der Waals surface area contributed by atoms with Crippen molar-refractivity contribution in [2.24, 2.45) is 0 Å². The van der Waals surface area contributed by atoms with Gasteiger partial charge in [0.2, 0.25) is 0 Å². The highest BCUT2D eigenvalue weighted by molar-refractivity contribution is 7.92. The van der Waals surface area contributed by atoms with Crippen LogP contribution in [0.5, 0.6) is 5.75 Å². The predicted molar refractivity (Wildman–Crippen MR) is 104 cm³/mol. The lowest BCUT2D eigenvalue weighted by atomic mass is 10.2. The summed E-state index contributed by atoms with van der Waals surface area (Å²) in [5, 5.41) is 0. The number of ether oxygens (including phenoxy) is 2. The molecular weight excluding hydrogens is 406 g/mol. The Bertz CT molecular complexity index is 1070. The Morgan fingerprint density at radius 1 is 0.964 bits per heavy atom. The van der Waals surface area contributed by atoms with E-state index >= 15 is 0 Å². The van der Waals surface area contributed by atoms with Crippen LogP contribution in [0.25, 0.3) is 0 Å². The van der Waals surface area contributed by atoms with Crippen LogP contribution in [-0.4, -0.2) is 42.3 Å². The van der Waals surface area contributed by atoms with Gasteiger partial charge in [0.25, 0.3) is 10.0 Å². The molecule has 0 aliphatic heterocycles. The van der Waals surface area contributed by atoms with Crippen LogP contribution in [0.4, 0.5) is 5.69 Å². The van der Waals surface area contributed by atoms with Crippen LogP contribution >= 0.6 is 0 Å². The fraction of sp³-hybridized carbons (Fsp3) is 0.278. The monoisotopic (exact) mass is 427 g/mol. The summed E-state index contributed by atoms with van der Waals surface area (Å²) in [4.78, 5) is 11.9. The lowest BCUT2D eigenvalue weighted by Crippen LogP contribution is -2.15. The van der Waals surface area contributed by atoms with Crippen LogP contribution in [-0.2, 0) is 24.6 Å². The van der Waals surface area contributed by atoms with Crippen molar-refractivity contribution >= 4 is 31.5 Å². The second kappa shape index (κ2) is 8.19. The molecule has 0 amide bonds. The predicted octanol–water partition coefficient (Wildman–Crippen LogP) is 2.46. The van der Waals surface area contributed by atoms with Crippen molar-refractivity contribution in [2.45, 2.75) is 29.7 Å². The second-order valence-corrected chi connectivity index (χ2v) is 9.92. The molecule has 0 aliphatic carbocycles. The summed E-state index contributed by atoms with van der Waals surface area (Å²) >= 11 is 0. The maximum Gasteiger partial charge on any atom is 0.338 e. The fourth-order valence-electron chi connectivity index (χ4n) is 2.27. The van der Waals surface area contributed by atoms with E-state index in [0.717, 1.165) is 6.26 Å². The number of sulfone groups is 1. The molecule has 1 N–H and O–H groups in total. The molecule has 0 unspecified atom stereocenters. The van der Waals surface area contributed by atoms with Crippen LogP contribution in [0.2, 0.25) is 0 Å². The van der Waals surface area contributed by atoms with E-state index < -0.39 is 25.8 Å². The highest BCUT2D eigenvalue weighted by atomic mass is 32.2. The minimum Gasteiger partial charge on any atom is -0.495 e. The molecule has 2 rings (SSSR count). The van der Waals surface area contributed by atoms with Crippen molar-refractivity contribution in [3.63, 3.8) is 0 Å². The van der Waals surface area contributed by atoms with Crippen molar-refractivity contribution in [3.05, 3.63) is 48.0 Å². The molecule has 0 spiro atoms. The number of carbonyl (C=O) groups excluding carboxylic acids is 1. The molecule has 0 saturated heterocycles. The van der Waals surface area contributed by atoms with Gasteiger partial charge < -0.3 is 9.47 Å². The molecule has 0 heterocycles. The SMILES string of the molecule is COc1ccc(C(=O)OC(C)C)cc1NS(=O)(=O)c1ccc(S(C)(=O)=O)cc1. The van der Waals surface area contributed by atoms with E-state index in [9.17, 15) is 21.6 Å². The van der Waals surface area contributed by atoms with Gasteiger partial charge in [-0.15, -0.1) is 0 Å². The maximum atomic E-state index is 12.7. The number of benzene rings is 2. The molecule has 0 bridgehead atoms. The van der Waals surface area contributed by atoms with Crippen LogP contribution < -0.4 is 9.46 Å². The van der Waals surface area contributed by atoms with Crippen LogP contribution in [0.1, 0.15) is 24.2 Å². The van der Waals surface area contributed by atoms with Crippen LogP contribution in [0.3, 0.4) is 0 Å². The molecule has 28 heavy (non-hydrogen) atoms. The fourth-order valence-corrected chi connectivity index (χ4v) is 3.96. The van der Waals surface area contributed by atoms with Crippen molar-refractivity contribution in [2.75, 3.05) is 18.1 Å². The van der Waals surface area contributed by atoms with E-state index in [2.05, 4.69) is 4.72 Å². The highest BCUT2D eigenvalue weighted by Gasteiger charge is 2.20. The Balaban J connectivity index is 2.38. The maximum absolute atomic E-state index is 12.7. The summed E-state index contributed by atoms with van der Waals surface area (Å²) in [6, 6.07) is 9.00. The average molecular weight is 428 g/mol. The van der Waals surface area contributed by atoms with Crippen LogP contribution in [0.15, 0.2) is 52.3 Å². The number of rotatable bonds is 7. The van der Waals surface area contributed by atoms with Gasteiger partial charge in [-0.05, 0) is 56.3 Å². The van der Waals surface area contributed by atoms with E-state index in [1.54, 1.807) is 13.8 Å². The minimum absolute atomic E-state index is 0.00228. The normalized spacial score (nSPS) is 11.9. The number of hydrogen-bond donors (Lipinski definition) is 1. The summed E-state index contributed by atoms with van der Waals surface area (Å²) in [5.74, 6) is -0.395. The van der Waals surface area contributed by atoms with E-state index in [4.69, 9.17) is 9.47 Å². The lowest BCUT2D eigenvalue weighted by Gasteiger charge is -2.14. The second-order valence-electron chi connectivity index (χ2n) is 6.22. The van der Waals surface area contributed by atoms with Crippen molar-refractivity contribution < 1.29 is 31.1 Å². The lowest BCUT2D eigenvalue weighted by molar-refractivity contribution is 0.0378.